The Bertz CT molecular complexity index is 572. The fraction of sp³-hybridized carbons (Fsp3) is 0.333. The van der Waals surface area contributed by atoms with Crippen LogP contribution in [0.25, 0.3) is 0 Å². The van der Waals surface area contributed by atoms with Crippen LogP contribution in [0.3, 0.4) is 0 Å². The zero-order valence-electron chi connectivity index (χ0n) is 10.9. The van der Waals surface area contributed by atoms with E-state index in [1.54, 1.807) is 13.8 Å². The van der Waals surface area contributed by atoms with Crippen LogP contribution in [0.4, 0.5) is 16.2 Å². The number of anilines is 1. The molecular formula is C12H13N3O5. The smallest absolute Gasteiger partial charge is 0.273 e. The first-order chi connectivity index (χ1) is 9.40. The number of carbonyl (C=O) groups is 2. The third-order valence-electron chi connectivity index (χ3n) is 2.77. The highest BCUT2D eigenvalue weighted by atomic mass is 16.7. The minimum Gasteiger partial charge on any atom is -0.273 e. The topological polar surface area (TPSA) is 102 Å². The van der Waals surface area contributed by atoms with Gasteiger partial charge < -0.3 is 0 Å². The average molecular weight is 279 g/mol. The van der Waals surface area contributed by atoms with Crippen molar-refractivity contribution >= 4 is 23.3 Å². The summed E-state index contributed by atoms with van der Waals surface area (Å²) < 4.78 is 0. The van der Waals surface area contributed by atoms with Crippen molar-refractivity contribution in [1.82, 2.24) is 5.32 Å². The van der Waals surface area contributed by atoms with Crippen LogP contribution in [0.2, 0.25) is 0 Å². The van der Waals surface area contributed by atoms with Crippen LogP contribution >= 0.6 is 0 Å². The fourth-order valence-corrected chi connectivity index (χ4v) is 1.77. The first-order valence-electron chi connectivity index (χ1n) is 5.96. The lowest BCUT2D eigenvalue weighted by Crippen LogP contribution is -2.57. The van der Waals surface area contributed by atoms with Crippen LogP contribution in [-0.4, -0.2) is 23.0 Å². The number of nitrogens with one attached hydrogen (secondary N) is 1. The number of carbonyl (C=O) groups excluding carboxylic acids is 2. The molecule has 1 N–H and O–H groups in total. The molecule has 0 saturated carbocycles. The van der Waals surface area contributed by atoms with Gasteiger partial charge >= 0.3 is 6.03 Å². The van der Waals surface area contributed by atoms with E-state index in [4.69, 9.17) is 4.84 Å². The molecule has 2 rings (SSSR count). The second-order valence-electron chi connectivity index (χ2n) is 4.64. The Morgan fingerprint density at radius 3 is 2.70 bits per heavy atom. The molecule has 3 amide bonds. The summed E-state index contributed by atoms with van der Waals surface area (Å²) in [5, 5.41) is 13.8. The number of urea groups is 1. The molecule has 20 heavy (non-hydrogen) atoms. The molecule has 1 atom stereocenters. The van der Waals surface area contributed by atoms with Crippen LogP contribution in [0.1, 0.15) is 13.8 Å². The highest BCUT2D eigenvalue weighted by Gasteiger charge is 2.36. The molecule has 0 aromatic heterocycles. The Morgan fingerprint density at radius 2 is 2.10 bits per heavy atom. The predicted octanol–water partition coefficient (Wildman–Crippen LogP) is 1.61. The number of non-ortho nitro benzene ring substituents is 1. The van der Waals surface area contributed by atoms with Gasteiger partial charge in [0.15, 0.2) is 6.10 Å². The van der Waals surface area contributed by atoms with Gasteiger partial charge in [-0.25, -0.2) is 4.79 Å². The van der Waals surface area contributed by atoms with E-state index in [1.807, 2.05) is 0 Å². The summed E-state index contributed by atoms with van der Waals surface area (Å²) in [5.41, 5.74) is 0.0201. The second-order valence-corrected chi connectivity index (χ2v) is 4.64. The molecule has 1 aliphatic rings. The molecule has 1 aliphatic heterocycles. The molecule has 1 heterocycles. The van der Waals surface area contributed by atoms with Gasteiger partial charge in [-0.2, -0.15) is 5.06 Å². The maximum absolute atomic E-state index is 11.8. The van der Waals surface area contributed by atoms with E-state index in [1.165, 1.54) is 24.3 Å². The molecule has 0 radical (unpaired) electrons. The van der Waals surface area contributed by atoms with E-state index in [0.717, 1.165) is 5.06 Å². The minimum atomic E-state index is -0.827. The maximum atomic E-state index is 11.8. The third kappa shape index (κ3) is 2.59. The van der Waals surface area contributed by atoms with Crippen LogP contribution in [0, 0.1) is 16.0 Å². The number of nitro groups is 1. The number of benzene rings is 1. The Hall–Kier alpha value is -2.48. The molecule has 8 nitrogen and oxygen atoms in total. The highest BCUT2D eigenvalue weighted by Crippen LogP contribution is 2.25. The van der Waals surface area contributed by atoms with Gasteiger partial charge in [0.05, 0.1) is 10.6 Å². The summed E-state index contributed by atoms with van der Waals surface area (Å²) in [5.74, 6) is -0.670. The third-order valence-corrected chi connectivity index (χ3v) is 2.77. The van der Waals surface area contributed by atoms with Gasteiger partial charge in [0.2, 0.25) is 0 Å². The van der Waals surface area contributed by atoms with Crippen molar-refractivity contribution in [3.8, 4) is 0 Å². The van der Waals surface area contributed by atoms with E-state index in [9.17, 15) is 19.7 Å². The number of hydroxylamine groups is 1. The fourth-order valence-electron chi connectivity index (χ4n) is 1.77. The Morgan fingerprint density at radius 1 is 1.40 bits per heavy atom. The number of rotatable bonds is 3. The summed E-state index contributed by atoms with van der Waals surface area (Å²) in [6, 6.07) is 4.65. The van der Waals surface area contributed by atoms with Crippen molar-refractivity contribution in [2.24, 2.45) is 5.92 Å². The summed E-state index contributed by atoms with van der Waals surface area (Å²) >= 11 is 0. The lowest BCUT2D eigenvalue weighted by molar-refractivity contribution is -0.384. The summed E-state index contributed by atoms with van der Waals surface area (Å²) in [4.78, 5) is 38.9. The number of nitrogens with zero attached hydrogens (tertiary/aromatic N) is 2. The molecule has 1 aromatic rings. The molecule has 1 unspecified atom stereocenters. The molecule has 1 saturated heterocycles. The first-order valence-corrected chi connectivity index (χ1v) is 5.96. The van der Waals surface area contributed by atoms with E-state index < -0.39 is 23.0 Å². The van der Waals surface area contributed by atoms with E-state index in [2.05, 4.69) is 5.32 Å². The number of amides is 3. The molecule has 8 heteroatoms. The van der Waals surface area contributed by atoms with Gasteiger partial charge in [-0.05, 0) is 12.0 Å². The van der Waals surface area contributed by atoms with Crippen molar-refractivity contribution < 1.29 is 19.3 Å². The molecule has 0 bridgehead atoms. The Kier molecular flexibility index (Phi) is 3.66. The van der Waals surface area contributed by atoms with Crippen LogP contribution in [0.5, 0.6) is 0 Å². The molecule has 0 aliphatic carbocycles. The van der Waals surface area contributed by atoms with E-state index in [-0.39, 0.29) is 17.3 Å². The molecular weight excluding hydrogens is 266 g/mol. The van der Waals surface area contributed by atoms with Gasteiger partial charge in [0.1, 0.15) is 0 Å². The van der Waals surface area contributed by atoms with Crippen LogP contribution in [-0.2, 0) is 9.63 Å². The summed E-state index contributed by atoms with van der Waals surface area (Å²) in [6.07, 6.45) is -0.827. The Balaban J connectivity index is 2.31. The largest absolute Gasteiger partial charge is 0.352 e. The molecule has 1 aromatic carbocycles. The lowest BCUT2D eigenvalue weighted by atomic mass is 10.1. The van der Waals surface area contributed by atoms with E-state index >= 15 is 0 Å². The quantitative estimate of drug-likeness (QED) is 0.669. The monoisotopic (exact) mass is 279 g/mol. The van der Waals surface area contributed by atoms with Crippen LogP contribution in [0.15, 0.2) is 24.3 Å². The van der Waals surface area contributed by atoms with Crippen molar-refractivity contribution in [1.29, 1.82) is 0 Å². The van der Waals surface area contributed by atoms with Gasteiger partial charge in [0.25, 0.3) is 11.6 Å². The normalized spacial score (nSPS) is 19.1. The first kappa shape index (κ1) is 13.9. The number of hydrogen-bond acceptors (Lipinski definition) is 5. The van der Waals surface area contributed by atoms with Crippen molar-refractivity contribution in [3.05, 3.63) is 34.4 Å². The number of imide groups is 1. The SMILES string of the molecule is CC(C)C1ON(c2cccc([N+](=O)[O-])c2)C(=O)NC1=O. The number of hydrogen-bond donors (Lipinski definition) is 1. The second kappa shape index (κ2) is 5.25. The molecule has 0 spiro atoms. The average Bonchev–Trinajstić information content (AvgIpc) is 2.38. The molecule has 106 valence electrons. The van der Waals surface area contributed by atoms with Gasteiger partial charge in [0, 0.05) is 12.1 Å². The lowest BCUT2D eigenvalue weighted by Gasteiger charge is -2.32. The zero-order chi connectivity index (χ0) is 14.9. The summed E-state index contributed by atoms with van der Waals surface area (Å²) in [6.45, 7) is 3.54. The maximum Gasteiger partial charge on any atom is 0.352 e. The Labute approximate surface area is 114 Å². The highest BCUT2D eigenvalue weighted by molar-refractivity contribution is 6.05. The molecule has 1 fully saturated rings. The van der Waals surface area contributed by atoms with Crippen molar-refractivity contribution in [2.75, 3.05) is 5.06 Å². The van der Waals surface area contributed by atoms with Gasteiger partial charge in [-0.3, -0.25) is 25.1 Å². The van der Waals surface area contributed by atoms with Crippen LogP contribution < -0.4 is 10.4 Å². The number of nitro benzene ring substituents is 1. The summed E-state index contributed by atoms with van der Waals surface area (Å²) in [7, 11) is 0. The van der Waals surface area contributed by atoms with Crippen molar-refractivity contribution in [2.45, 2.75) is 20.0 Å². The van der Waals surface area contributed by atoms with Crippen molar-refractivity contribution in [3.63, 3.8) is 0 Å². The van der Waals surface area contributed by atoms with E-state index in [0.29, 0.717) is 0 Å². The minimum absolute atomic E-state index is 0.149. The predicted molar refractivity (Wildman–Crippen MR) is 68.8 cm³/mol. The van der Waals surface area contributed by atoms with Gasteiger partial charge in [-0.15, -0.1) is 0 Å². The van der Waals surface area contributed by atoms with Gasteiger partial charge in [-0.1, -0.05) is 19.9 Å². The zero-order valence-corrected chi connectivity index (χ0v) is 10.9. The standard InChI is InChI=1S/C12H13N3O5/c1-7(2)10-11(16)13-12(17)14(20-10)8-4-3-5-9(6-8)15(18)19/h3-7,10H,1-2H3,(H,13,16,17).